The molecule has 4 rings (SSSR count). The van der Waals surface area contributed by atoms with E-state index in [0.29, 0.717) is 5.75 Å². The van der Waals surface area contributed by atoms with Crippen LogP contribution in [0.4, 0.5) is 0 Å². The van der Waals surface area contributed by atoms with Crippen LogP contribution in [0.25, 0.3) is 0 Å². The SMILES string of the molecule is C[C@]12C[C@@H](c3ccccc3O1)N1C(=O)CSC1=N2. The normalized spacial score (nSPS) is 32.5. The van der Waals surface area contributed by atoms with Crippen LogP contribution in [0.1, 0.15) is 24.9 Å². The van der Waals surface area contributed by atoms with Crippen molar-refractivity contribution in [2.45, 2.75) is 25.1 Å². The number of carbonyl (C=O) groups excluding carboxylic acids is 1. The van der Waals surface area contributed by atoms with Crippen LogP contribution < -0.4 is 4.74 Å². The van der Waals surface area contributed by atoms with Gasteiger partial charge in [-0.05, 0) is 13.0 Å². The largest absolute Gasteiger partial charge is 0.466 e. The first-order valence-corrected chi connectivity index (χ1v) is 6.97. The van der Waals surface area contributed by atoms with E-state index in [4.69, 9.17) is 4.74 Å². The van der Waals surface area contributed by atoms with E-state index in [2.05, 4.69) is 4.99 Å². The molecule has 0 saturated carbocycles. The highest BCUT2D eigenvalue weighted by Gasteiger charge is 2.49. The molecule has 3 aliphatic heterocycles. The lowest BCUT2D eigenvalue weighted by molar-refractivity contribution is -0.127. The molecule has 3 heterocycles. The number of nitrogens with zero attached hydrogens (tertiary/aromatic N) is 2. The molecule has 1 saturated heterocycles. The maximum Gasteiger partial charge on any atom is 0.239 e. The fourth-order valence-electron chi connectivity index (χ4n) is 2.86. The summed E-state index contributed by atoms with van der Waals surface area (Å²) in [6.07, 6.45) is 0.736. The number of carbonyl (C=O) groups is 1. The lowest BCUT2D eigenvalue weighted by Gasteiger charge is -2.44. The minimum atomic E-state index is -0.525. The summed E-state index contributed by atoms with van der Waals surface area (Å²) in [6.45, 7) is 1.99. The second kappa shape index (κ2) is 3.29. The van der Waals surface area contributed by atoms with Crippen molar-refractivity contribution in [3.63, 3.8) is 0 Å². The number of thioether (sulfide) groups is 1. The number of hydrogen-bond donors (Lipinski definition) is 0. The van der Waals surface area contributed by atoms with Gasteiger partial charge in [0.05, 0.1) is 11.8 Å². The van der Waals surface area contributed by atoms with Gasteiger partial charge in [-0.2, -0.15) is 0 Å². The lowest BCUT2D eigenvalue weighted by Crippen LogP contribution is -2.49. The monoisotopic (exact) mass is 260 g/mol. The second-order valence-corrected chi connectivity index (χ2v) is 5.92. The Morgan fingerprint density at radius 3 is 3.22 bits per heavy atom. The number of hydrogen-bond acceptors (Lipinski definition) is 4. The molecule has 0 aliphatic carbocycles. The minimum absolute atomic E-state index is 0.0787. The second-order valence-electron chi connectivity index (χ2n) is 4.98. The minimum Gasteiger partial charge on any atom is -0.466 e. The van der Waals surface area contributed by atoms with E-state index in [-0.39, 0.29) is 11.9 Å². The van der Waals surface area contributed by atoms with Crippen molar-refractivity contribution >= 4 is 22.8 Å². The maximum absolute atomic E-state index is 12.0. The first kappa shape index (κ1) is 10.4. The first-order valence-electron chi connectivity index (χ1n) is 5.99. The van der Waals surface area contributed by atoms with Crippen LogP contribution in [-0.2, 0) is 4.79 Å². The highest BCUT2D eigenvalue weighted by Crippen LogP contribution is 2.48. The van der Waals surface area contributed by atoms with E-state index in [1.807, 2.05) is 36.1 Å². The highest BCUT2D eigenvalue weighted by molar-refractivity contribution is 8.15. The van der Waals surface area contributed by atoms with Gasteiger partial charge in [0.1, 0.15) is 5.75 Å². The van der Waals surface area contributed by atoms with E-state index in [0.717, 1.165) is 22.9 Å². The van der Waals surface area contributed by atoms with Crippen molar-refractivity contribution in [2.24, 2.45) is 4.99 Å². The van der Waals surface area contributed by atoms with Gasteiger partial charge in [-0.25, -0.2) is 4.99 Å². The summed E-state index contributed by atoms with van der Waals surface area (Å²) in [5, 5.41) is 0.813. The van der Waals surface area contributed by atoms with Crippen molar-refractivity contribution in [2.75, 3.05) is 5.75 Å². The average molecular weight is 260 g/mol. The van der Waals surface area contributed by atoms with Gasteiger partial charge in [0.15, 0.2) is 5.17 Å². The molecule has 1 amide bonds. The molecule has 0 spiro atoms. The molecular formula is C13H12N2O2S. The van der Waals surface area contributed by atoms with E-state index in [1.165, 1.54) is 11.8 Å². The fraction of sp³-hybridized carbons (Fsp3) is 0.385. The third-order valence-electron chi connectivity index (χ3n) is 3.62. The summed E-state index contributed by atoms with van der Waals surface area (Å²) in [5.74, 6) is 1.50. The number of amidine groups is 1. The molecule has 18 heavy (non-hydrogen) atoms. The Kier molecular flexibility index (Phi) is 1.91. The number of fused-ring (bicyclic) bond motifs is 6. The molecule has 2 atom stereocenters. The van der Waals surface area contributed by atoms with Gasteiger partial charge >= 0.3 is 0 Å². The van der Waals surface area contributed by atoms with Gasteiger partial charge in [-0.1, -0.05) is 30.0 Å². The molecule has 1 fully saturated rings. The number of rotatable bonds is 0. The van der Waals surface area contributed by atoms with Crippen molar-refractivity contribution in [3.05, 3.63) is 29.8 Å². The van der Waals surface area contributed by atoms with Gasteiger partial charge in [0, 0.05) is 12.0 Å². The van der Waals surface area contributed by atoms with Crippen molar-refractivity contribution in [3.8, 4) is 5.75 Å². The van der Waals surface area contributed by atoms with Crippen molar-refractivity contribution in [1.82, 2.24) is 4.90 Å². The standard InChI is InChI=1S/C13H12N2O2S/c1-13-6-9(8-4-2-3-5-10(8)17-13)15-11(16)7-18-12(15)14-13/h2-5,9H,6-7H2,1H3/t9-,13+/m0/s1. The van der Waals surface area contributed by atoms with Crippen LogP contribution in [-0.4, -0.2) is 27.5 Å². The zero-order chi connectivity index (χ0) is 12.3. The number of ether oxygens (including phenoxy) is 1. The molecule has 5 heteroatoms. The molecule has 0 unspecified atom stereocenters. The van der Waals surface area contributed by atoms with Gasteiger partial charge in [-0.3, -0.25) is 9.69 Å². The van der Waals surface area contributed by atoms with Gasteiger partial charge in [0.2, 0.25) is 11.6 Å². The fourth-order valence-corrected chi connectivity index (χ4v) is 3.88. The Balaban J connectivity index is 1.92. The third kappa shape index (κ3) is 1.28. The van der Waals surface area contributed by atoms with Crippen LogP contribution in [0.15, 0.2) is 29.3 Å². The quantitative estimate of drug-likeness (QED) is 0.718. The molecule has 1 aromatic carbocycles. The number of para-hydroxylation sites is 1. The molecule has 1 aromatic rings. The first-order chi connectivity index (χ1) is 8.66. The summed E-state index contributed by atoms with van der Waals surface area (Å²) >= 11 is 1.51. The zero-order valence-electron chi connectivity index (χ0n) is 9.92. The van der Waals surface area contributed by atoms with Gasteiger partial charge < -0.3 is 4.74 Å². The summed E-state index contributed by atoms with van der Waals surface area (Å²) in [6, 6.07) is 8.01. The van der Waals surface area contributed by atoms with Crippen LogP contribution in [0.2, 0.25) is 0 Å². The molecule has 3 aliphatic rings. The molecule has 2 bridgehead atoms. The predicted molar refractivity (Wildman–Crippen MR) is 69.6 cm³/mol. The number of amides is 1. The zero-order valence-corrected chi connectivity index (χ0v) is 10.7. The summed E-state index contributed by atoms with van der Waals surface area (Å²) in [5.41, 5.74) is 0.570. The van der Waals surface area contributed by atoms with E-state index >= 15 is 0 Å². The Hall–Kier alpha value is -1.49. The van der Waals surface area contributed by atoms with Gasteiger partial charge in [-0.15, -0.1) is 0 Å². The van der Waals surface area contributed by atoms with E-state index in [9.17, 15) is 4.79 Å². The van der Waals surface area contributed by atoms with Crippen LogP contribution in [0, 0.1) is 0 Å². The van der Waals surface area contributed by atoms with Crippen molar-refractivity contribution < 1.29 is 9.53 Å². The predicted octanol–water partition coefficient (Wildman–Crippen LogP) is 2.17. The molecule has 0 radical (unpaired) electrons. The molecular weight excluding hydrogens is 248 g/mol. The average Bonchev–Trinajstić information content (AvgIpc) is 2.69. The Morgan fingerprint density at radius 1 is 1.50 bits per heavy atom. The lowest BCUT2D eigenvalue weighted by atomic mass is 9.91. The molecule has 4 nitrogen and oxygen atoms in total. The van der Waals surface area contributed by atoms with Crippen LogP contribution in [0.3, 0.4) is 0 Å². The summed E-state index contributed by atoms with van der Waals surface area (Å²) < 4.78 is 5.99. The van der Waals surface area contributed by atoms with E-state index < -0.39 is 5.72 Å². The third-order valence-corrected chi connectivity index (χ3v) is 4.56. The Morgan fingerprint density at radius 2 is 2.33 bits per heavy atom. The van der Waals surface area contributed by atoms with E-state index in [1.54, 1.807) is 0 Å². The number of benzene rings is 1. The Labute approximate surface area is 109 Å². The molecule has 0 N–H and O–H groups in total. The Bertz CT molecular complexity index is 586. The molecule has 0 aromatic heterocycles. The number of aliphatic imine (C=N–C) groups is 1. The van der Waals surface area contributed by atoms with Gasteiger partial charge in [0.25, 0.3) is 0 Å². The smallest absolute Gasteiger partial charge is 0.239 e. The maximum atomic E-state index is 12.0. The highest BCUT2D eigenvalue weighted by atomic mass is 32.2. The van der Waals surface area contributed by atoms with Crippen LogP contribution >= 0.6 is 11.8 Å². The topological polar surface area (TPSA) is 41.9 Å². The van der Waals surface area contributed by atoms with Crippen LogP contribution in [0.5, 0.6) is 5.75 Å². The van der Waals surface area contributed by atoms with Crippen molar-refractivity contribution in [1.29, 1.82) is 0 Å². The summed E-state index contributed by atoms with van der Waals surface area (Å²) in [4.78, 5) is 18.5. The molecule has 92 valence electrons. The summed E-state index contributed by atoms with van der Waals surface area (Å²) in [7, 11) is 0.